The zero-order valence-electron chi connectivity index (χ0n) is 20.8. The van der Waals surface area contributed by atoms with Gasteiger partial charge >= 0.3 is 0 Å². The van der Waals surface area contributed by atoms with E-state index in [4.69, 9.17) is 9.94 Å². The van der Waals surface area contributed by atoms with Crippen molar-refractivity contribution in [1.29, 1.82) is 0 Å². The van der Waals surface area contributed by atoms with Gasteiger partial charge in [-0.1, -0.05) is 0 Å². The van der Waals surface area contributed by atoms with Crippen molar-refractivity contribution >= 4 is 44.6 Å². The second kappa shape index (κ2) is 16.2. The number of hydrogen-bond acceptors (Lipinski definition) is 8. The Balaban J connectivity index is 1.45. The second-order valence-electron chi connectivity index (χ2n) is 9.16. The topological polar surface area (TPSA) is 144 Å². The average molecular weight is 542 g/mol. The summed E-state index contributed by atoms with van der Waals surface area (Å²) in [6, 6.07) is -0.633. The van der Waals surface area contributed by atoms with Gasteiger partial charge in [-0.05, 0) is 43.8 Å². The summed E-state index contributed by atoms with van der Waals surface area (Å²) >= 11 is 1.66. The van der Waals surface area contributed by atoms with Crippen molar-refractivity contribution in [3.63, 3.8) is 0 Å². The summed E-state index contributed by atoms with van der Waals surface area (Å²) in [6.07, 6.45) is 8.06. The van der Waals surface area contributed by atoms with E-state index < -0.39 is 6.04 Å². The first kappa shape index (κ1) is 28.8. The lowest BCUT2D eigenvalue weighted by Gasteiger charge is -2.34. The molecule has 0 bridgehead atoms. The third-order valence-corrected chi connectivity index (χ3v) is 8.00. The molecule has 2 atom stereocenters. The molecule has 3 rings (SSSR count). The van der Waals surface area contributed by atoms with Crippen LogP contribution in [0.2, 0.25) is 0 Å². The van der Waals surface area contributed by atoms with Crippen molar-refractivity contribution in [2.24, 2.45) is 16.8 Å². The summed E-state index contributed by atoms with van der Waals surface area (Å²) in [7, 11) is 2.50. The highest BCUT2D eigenvalue weighted by Crippen LogP contribution is 2.30. The zero-order valence-corrected chi connectivity index (χ0v) is 22.8. The van der Waals surface area contributed by atoms with Gasteiger partial charge in [0.1, 0.15) is 11.9 Å². The third kappa shape index (κ3) is 9.97. The quantitative estimate of drug-likeness (QED) is 0.0828. The van der Waals surface area contributed by atoms with Crippen LogP contribution in [-0.4, -0.2) is 101 Å². The number of thioether (sulfide) groups is 1. The number of aliphatic imine (C=N–C) groups is 1. The number of H-pyrrole nitrogens is 1. The van der Waals surface area contributed by atoms with Crippen molar-refractivity contribution in [2.45, 2.75) is 38.1 Å². The minimum absolute atomic E-state index is 0.0341. The van der Waals surface area contributed by atoms with Crippen molar-refractivity contribution in [3.05, 3.63) is 12.4 Å². The number of amidine groups is 1. The number of hydroxylamine groups is 1. The van der Waals surface area contributed by atoms with Crippen LogP contribution in [0, 0.1) is 11.8 Å². The minimum atomic E-state index is -0.633. The number of nitrogens with one attached hydrogen (secondary N) is 4. The fourth-order valence-corrected chi connectivity index (χ4v) is 5.59. The number of nitrogens with zero attached hydrogens (tertiary/aromatic N) is 3. The predicted molar refractivity (Wildman–Crippen MR) is 146 cm³/mol. The lowest BCUT2D eigenvalue weighted by molar-refractivity contribution is -0.130. The molecule has 0 spiro atoms. The molecule has 11 nitrogen and oxygen atoms in total. The number of ether oxygens (including phenoxy) is 1. The molecule has 1 aliphatic heterocycles. The van der Waals surface area contributed by atoms with Crippen molar-refractivity contribution in [3.8, 4) is 0 Å². The van der Waals surface area contributed by atoms with Gasteiger partial charge in [0.25, 0.3) is 0 Å². The molecule has 0 radical (unpaired) electrons. The maximum atomic E-state index is 13.1. The smallest absolute Gasteiger partial charge is 0.249 e. The van der Waals surface area contributed by atoms with Gasteiger partial charge in [-0.15, -0.1) is 9.24 Å². The summed E-state index contributed by atoms with van der Waals surface area (Å²) in [6.45, 7) is 5.25. The summed E-state index contributed by atoms with van der Waals surface area (Å²) < 4.78 is 5.44. The van der Waals surface area contributed by atoms with E-state index in [9.17, 15) is 9.59 Å². The van der Waals surface area contributed by atoms with Crippen LogP contribution in [0.3, 0.4) is 0 Å². The Hall–Kier alpha value is -1.72. The Bertz CT molecular complexity index is 809. The number of imidazole rings is 1. The number of aromatic nitrogens is 2. The molecule has 2 unspecified atom stereocenters. The molecule has 13 heteroatoms. The highest BCUT2D eigenvalue weighted by atomic mass is 32.2. The molecular weight excluding hydrogens is 501 g/mol. The normalized spacial score (nSPS) is 22.1. The van der Waals surface area contributed by atoms with Gasteiger partial charge in [-0.25, -0.2) is 4.98 Å². The van der Waals surface area contributed by atoms with E-state index in [1.54, 1.807) is 24.2 Å². The molecule has 1 aromatic rings. The molecule has 1 aromatic heterocycles. The zero-order chi connectivity index (χ0) is 25.6. The van der Waals surface area contributed by atoms with Gasteiger partial charge in [0.2, 0.25) is 17.8 Å². The number of carbonyl (C=O) groups excluding carboxylic acids is 2. The third-order valence-electron chi connectivity index (χ3n) is 6.62. The number of aromatic amines is 1. The number of amides is 2. The van der Waals surface area contributed by atoms with E-state index >= 15 is 0 Å². The number of morpholine rings is 1. The second-order valence-corrected chi connectivity index (χ2v) is 10.8. The van der Waals surface area contributed by atoms with Gasteiger partial charge in [0.05, 0.1) is 19.8 Å². The summed E-state index contributed by atoms with van der Waals surface area (Å²) in [5, 5.41) is 14.7. The summed E-state index contributed by atoms with van der Waals surface area (Å²) in [4.78, 5) is 39.7. The van der Waals surface area contributed by atoms with E-state index in [-0.39, 0.29) is 17.7 Å². The molecule has 202 valence electrons. The number of rotatable bonds is 13. The van der Waals surface area contributed by atoms with Gasteiger partial charge in [0.15, 0.2) is 0 Å². The molecule has 2 aliphatic rings. The average Bonchev–Trinajstić information content (AvgIpc) is 3.41. The van der Waals surface area contributed by atoms with Gasteiger partial charge < -0.3 is 15.0 Å². The first-order valence-corrected chi connectivity index (χ1v) is 14.7. The van der Waals surface area contributed by atoms with Gasteiger partial charge in [-0.2, -0.15) is 11.8 Å². The summed E-state index contributed by atoms with van der Waals surface area (Å²) in [5.41, 5.74) is 2.08. The van der Waals surface area contributed by atoms with Crippen molar-refractivity contribution in [1.82, 2.24) is 25.7 Å². The minimum Gasteiger partial charge on any atom is -0.379 e. The van der Waals surface area contributed by atoms with Gasteiger partial charge in [-0.3, -0.25) is 35.5 Å². The van der Waals surface area contributed by atoms with Crippen LogP contribution in [-0.2, 0) is 14.3 Å². The Kier molecular flexibility index (Phi) is 13.0. The molecule has 5 N–H and O–H groups in total. The highest BCUT2D eigenvalue weighted by molar-refractivity contribution is 7.99. The van der Waals surface area contributed by atoms with Crippen LogP contribution in [0.25, 0.3) is 0 Å². The maximum absolute atomic E-state index is 13.1. The molecule has 1 saturated heterocycles. The predicted octanol–water partition coefficient (Wildman–Crippen LogP) is 1.35. The number of hydrogen-bond donors (Lipinski definition) is 5. The Morgan fingerprint density at radius 3 is 2.72 bits per heavy atom. The SMILES string of the molecule is O=C(NC(CCSCCN=C(CP)NO)C(=O)Nc1ncc[nH]1)C1CCC(CN2CCOCC2)CC1. The largest absolute Gasteiger partial charge is 0.379 e. The monoisotopic (exact) mass is 541 g/mol. The van der Waals surface area contributed by atoms with Crippen LogP contribution in [0.4, 0.5) is 5.95 Å². The van der Waals surface area contributed by atoms with E-state index in [2.05, 4.69) is 45.2 Å². The molecule has 0 aromatic carbocycles. The van der Waals surface area contributed by atoms with Crippen LogP contribution in [0.15, 0.2) is 17.4 Å². The fourth-order valence-electron chi connectivity index (χ4n) is 4.55. The Labute approximate surface area is 219 Å². The molecule has 2 heterocycles. The summed E-state index contributed by atoms with van der Waals surface area (Å²) in [5.74, 6) is 2.60. The molecule has 2 fully saturated rings. The molecule has 2 amide bonds. The van der Waals surface area contributed by atoms with Crippen LogP contribution >= 0.6 is 21.0 Å². The first-order chi connectivity index (χ1) is 17.6. The van der Waals surface area contributed by atoms with E-state index in [0.29, 0.717) is 42.6 Å². The first-order valence-electron chi connectivity index (χ1n) is 12.7. The highest BCUT2D eigenvalue weighted by Gasteiger charge is 2.30. The molecule has 1 saturated carbocycles. The molecule has 1 aliphatic carbocycles. The number of anilines is 1. The Morgan fingerprint density at radius 1 is 1.28 bits per heavy atom. The Morgan fingerprint density at radius 2 is 2.06 bits per heavy atom. The van der Waals surface area contributed by atoms with E-state index in [0.717, 1.165) is 64.3 Å². The molecular formula is C23H40N7O4PS. The lowest BCUT2D eigenvalue weighted by Crippen LogP contribution is -2.47. The van der Waals surface area contributed by atoms with Crippen LogP contribution in [0.5, 0.6) is 0 Å². The standard InChI is InChI=1S/C23H40N7O4PS/c31-21(18-3-1-17(2-4-18)15-30-9-11-34-12-10-30)27-19(22(32)28-23-25-6-7-26-23)5-13-36-14-8-24-20(16-35)29-33/h6-7,17-19,33H,1-5,8-16,35H2,(H,24,29)(H,27,31)(H2,25,26,28,32). The lowest BCUT2D eigenvalue weighted by atomic mass is 9.81. The van der Waals surface area contributed by atoms with Crippen LogP contribution < -0.4 is 16.1 Å². The van der Waals surface area contributed by atoms with Crippen molar-refractivity contribution in [2.75, 3.05) is 62.4 Å². The fraction of sp³-hybridized carbons (Fsp3) is 0.739. The number of carbonyl (C=O) groups is 2. The molecule has 36 heavy (non-hydrogen) atoms. The van der Waals surface area contributed by atoms with Crippen LogP contribution in [0.1, 0.15) is 32.1 Å². The van der Waals surface area contributed by atoms with Gasteiger partial charge in [0, 0.05) is 49.9 Å². The maximum Gasteiger partial charge on any atom is 0.249 e. The van der Waals surface area contributed by atoms with E-state index in [1.807, 2.05) is 0 Å². The van der Waals surface area contributed by atoms with E-state index in [1.165, 1.54) is 0 Å². The van der Waals surface area contributed by atoms with Crippen molar-refractivity contribution < 1.29 is 19.5 Å².